The van der Waals surface area contributed by atoms with Crippen LogP contribution in [0.5, 0.6) is 0 Å². The summed E-state index contributed by atoms with van der Waals surface area (Å²) in [4.78, 5) is 11.8. The van der Waals surface area contributed by atoms with Gasteiger partial charge in [-0.3, -0.25) is 4.79 Å². The number of halogens is 3. The van der Waals surface area contributed by atoms with Gasteiger partial charge in [0.15, 0.2) is 0 Å². The van der Waals surface area contributed by atoms with E-state index in [1.54, 1.807) is 6.07 Å². The zero-order chi connectivity index (χ0) is 14.7. The summed E-state index contributed by atoms with van der Waals surface area (Å²) in [6, 6.07) is 7.09. The summed E-state index contributed by atoms with van der Waals surface area (Å²) < 4.78 is 39.4. The molecule has 1 amide bonds. The summed E-state index contributed by atoms with van der Waals surface area (Å²) in [7, 11) is 0. The fourth-order valence-corrected chi connectivity index (χ4v) is 1.66. The topological polar surface area (TPSA) is 55.1 Å². The van der Waals surface area contributed by atoms with Gasteiger partial charge in [-0.25, -0.2) is 13.2 Å². The second-order valence-electron chi connectivity index (χ2n) is 4.17. The Morgan fingerprint density at radius 1 is 1.10 bits per heavy atom. The van der Waals surface area contributed by atoms with Crippen LogP contribution in [0, 0.1) is 17.5 Å². The predicted octanol–water partition coefficient (Wildman–Crippen LogP) is 2.62. The molecule has 0 aromatic heterocycles. The van der Waals surface area contributed by atoms with Crippen LogP contribution in [0.1, 0.15) is 15.9 Å². The third-order valence-electron chi connectivity index (χ3n) is 2.67. The minimum atomic E-state index is -1.01. The molecule has 0 aliphatic rings. The number of nitrogens with two attached hydrogens (primary N) is 1. The van der Waals surface area contributed by atoms with E-state index in [9.17, 15) is 18.0 Å². The van der Waals surface area contributed by atoms with Crippen molar-refractivity contribution in [2.45, 2.75) is 6.54 Å². The zero-order valence-electron chi connectivity index (χ0n) is 10.3. The van der Waals surface area contributed by atoms with Crippen molar-refractivity contribution in [1.82, 2.24) is 5.32 Å². The number of hydrogen-bond donors (Lipinski definition) is 2. The van der Waals surface area contributed by atoms with Crippen LogP contribution in [0.2, 0.25) is 0 Å². The molecule has 2 aromatic rings. The van der Waals surface area contributed by atoms with Crippen LogP contribution < -0.4 is 11.1 Å². The maximum atomic E-state index is 13.5. The van der Waals surface area contributed by atoms with Crippen molar-refractivity contribution in [3.8, 4) is 0 Å². The number of nitrogens with one attached hydrogen (secondary N) is 1. The average Bonchev–Trinajstić information content (AvgIpc) is 2.40. The third-order valence-corrected chi connectivity index (χ3v) is 2.67. The summed E-state index contributed by atoms with van der Waals surface area (Å²) in [5.74, 6) is -3.12. The van der Waals surface area contributed by atoms with Crippen molar-refractivity contribution in [2.24, 2.45) is 0 Å². The molecule has 0 spiro atoms. The van der Waals surface area contributed by atoms with E-state index >= 15 is 0 Å². The third kappa shape index (κ3) is 3.09. The molecular formula is C14H11F3N2O. The molecule has 0 atom stereocenters. The lowest BCUT2D eigenvalue weighted by atomic mass is 10.1. The lowest BCUT2D eigenvalue weighted by Gasteiger charge is -2.07. The van der Waals surface area contributed by atoms with Gasteiger partial charge in [-0.05, 0) is 23.8 Å². The molecule has 0 saturated heterocycles. The van der Waals surface area contributed by atoms with Crippen LogP contribution in [0.3, 0.4) is 0 Å². The number of carbonyl (C=O) groups is 1. The Kier molecular flexibility index (Phi) is 3.93. The van der Waals surface area contributed by atoms with Gasteiger partial charge in [-0.1, -0.05) is 12.1 Å². The van der Waals surface area contributed by atoms with Crippen molar-refractivity contribution in [3.05, 3.63) is 65.0 Å². The fourth-order valence-electron chi connectivity index (χ4n) is 1.66. The number of amides is 1. The number of hydrogen-bond acceptors (Lipinski definition) is 2. The molecule has 0 unspecified atom stereocenters. The van der Waals surface area contributed by atoms with E-state index in [0.717, 1.165) is 6.07 Å². The summed E-state index contributed by atoms with van der Waals surface area (Å²) in [6.45, 7) is 0.0211. The van der Waals surface area contributed by atoms with Gasteiger partial charge >= 0.3 is 0 Å². The molecule has 6 heteroatoms. The number of nitrogen functional groups attached to an aromatic ring is 1. The quantitative estimate of drug-likeness (QED) is 0.849. The normalized spacial score (nSPS) is 10.3. The Morgan fingerprint density at radius 2 is 1.85 bits per heavy atom. The van der Waals surface area contributed by atoms with Crippen LogP contribution in [-0.2, 0) is 6.54 Å². The second kappa shape index (κ2) is 5.64. The molecule has 0 saturated carbocycles. The molecule has 3 nitrogen and oxygen atoms in total. The zero-order valence-corrected chi connectivity index (χ0v) is 10.3. The smallest absolute Gasteiger partial charge is 0.254 e. The van der Waals surface area contributed by atoms with Gasteiger partial charge in [0.05, 0.1) is 11.3 Å². The molecule has 2 aromatic carbocycles. The van der Waals surface area contributed by atoms with E-state index < -0.39 is 23.4 Å². The first-order chi connectivity index (χ1) is 9.47. The van der Waals surface area contributed by atoms with Crippen molar-refractivity contribution in [3.63, 3.8) is 0 Å². The SMILES string of the molecule is Nc1cc(C(=O)NCc2cccc(F)c2)c(F)cc1F. The van der Waals surface area contributed by atoms with Gasteiger partial charge in [0.1, 0.15) is 17.5 Å². The summed E-state index contributed by atoms with van der Waals surface area (Å²) in [6.07, 6.45) is 0. The van der Waals surface area contributed by atoms with Crippen molar-refractivity contribution in [1.29, 1.82) is 0 Å². The number of carbonyl (C=O) groups excluding carboxylic acids is 1. The Morgan fingerprint density at radius 3 is 2.55 bits per heavy atom. The molecule has 0 bridgehead atoms. The molecule has 0 fully saturated rings. The fraction of sp³-hybridized carbons (Fsp3) is 0.0714. The number of benzene rings is 2. The maximum absolute atomic E-state index is 13.5. The molecule has 3 N–H and O–H groups in total. The monoisotopic (exact) mass is 280 g/mol. The average molecular weight is 280 g/mol. The Balaban J connectivity index is 2.11. The van der Waals surface area contributed by atoms with Crippen molar-refractivity contribution in [2.75, 3.05) is 5.73 Å². The lowest BCUT2D eigenvalue weighted by molar-refractivity contribution is 0.0947. The summed E-state index contributed by atoms with van der Waals surface area (Å²) >= 11 is 0. The Hall–Kier alpha value is -2.50. The molecule has 104 valence electrons. The first-order valence-electron chi connectivity index (χ1n) is 5.74. The largest absolute Gasteiger partial charge is 0.396 e. The minimum absolute atomic E-state index is 0.0211. The highest BCUT2D eigenvalue weighted by atomic mass is 19.1. The molecule has 0 aliphatic heterocycles. The highest BCUT2D eigenvalue weighted by Gasteiger charge is 2.14. The van der Waals surface area contributed by atoms with Gasteiger partial charge in [0.25, 0.3) is 5.91 Å². The lowest BCUT2D eigenvalue weighted by Crippen LogP contribution is -2.24. The predicted molar refractivity (Wildman–Crippen MR) is 68.3 cm³/mol. The molecule has 0 heterocycles. The van der Waals surface area contributed by atoms with Gasteiger partial charge in [0.2, 0.25) is 0 Å². The first kappa shape index (κ1) is 13.9. The second-order valence-corrected chi connectivity index (χ2v) is 4.17. The van der Waals surface area contributed by atoms with Crippen molar-refractivity contribution >= 4 is 11.6 Å². The number of rotatable bonds is 3. The van der Waals surface area contributed by atoms with E-state index in [2.05, 4.69) is 5.32 Å². The molecule has 2 rings (SSSR count). The highest BCUT2D eigenvalue weighted by Crippen LogP contribution is 2.16. The van der Waals surface area contributed by atoms with Crippen LogP contribution in [0.4, 0.5) is 18.9 Å². The van der Waals surface area contributed by atoms with Crippen LogP contribution >= 0.6 is 0 Å². The van der Waals surface area contributed by atoms with Gasteiger partial charge in [-0.2, -0.15) is 0 Å². The maximum Gasteiger partial charge on any atom is 0.254 e. The minimum Gasteiger partial charge on any atom is -0.396 e. The molecule has 0 radical (unpaired) electrons. The Labute approximate surface area is 113 Å². The first-order valence-corrected chi connectivity index (χ1v) is 5.74. The Bertz CT molecular complexity index is 659. The van der Waals surface area contributed by atoms with Crippen molar-refractivity contribution < 1.29 is 18.0 Å². The van der Waals surface area contributed by atoms with Crippen LogP contribution in [-0.4, -0.2) is 5.91 Å². The molecular weight excluding hydrogens is 269 g/mol. The number of anilines is 1. The van der Waals surface area contributed by atoms with E-state index in [1.807, 2.05) is 0 Å². The van der Waals surface area contributed by atoms with Crippen LogP contribution in [0.25, 0.3) is 0 Å². The van der Waals surface area contributed by atoms with E-state index in [0.29, 0.717) is 11.6 Å². The summed E-state index contributed by atoms with van der Waals surface area (Å²) in [5, 5.41) is 2.41. The van der Waals surface area contributed by atoms with Gasteiger partial charge in [-0.15, -0.1) is 0 Å². The molecule has 20 heavy (non-hydrogen) atoms. The van der Waals surface area contributed by atoms with Gasteiger partial charge in [0, 0.05) is 12.6 Å². The van der Waals surface area contributed by atoms with E-state index in [1.165, 1.54) is 18.2 Å². The highest BCUT2D eigenvalue weighted by molar-refractivity contribution is 5.95. The molecule has 0 aliphatic carbocycles. The standard InChI is InChI=1S/C14H11F3N2O/c15-9-3-1-2-8(4-9)7-19-14(20)10-5-13(18)12(17)6-11(10)16/h1-6H,7,18H2,(H,19,20). The van der Waals surface area contributed by atoms with E-state index in [4.69, 9.17) is 5.73 Å². The van der Waals surface area contributed by atoms with Gasteiger partial charge < -0.3 is 11.1 Å². The van der Waals surface area contributed by atoms with E-state index in [-0.39, 0.29) is 17.8 Å². The summed E-state index contributed by atoms with van der Waals surface area (Å²) in [5.41, 5.74) is 5.13. The van der Waals surface area contributed by atoms with Crippen LogP contribution in [0.15, 0.2) is 36.4 Å².